The average Bonchev–Trinajstić information content (AvgIpc) is 2.79. The number of hydrogen-bond acceptors (Lipinski definition) is 7. The minimum atomic E-state index is -4.71. The molecule has 0 saturated heterocycles. The number of rotatable bonds is 5. The Labute approximate surface area is 182 Å². The molecule has 4 N–H and O–H groups in total. The predicted octanol–water partition coefficient (Wildman–Crippen LogP) is 3.19. The molecule has 10 heteroatoms. The van der Waals surface area contributed by atoms with Crippen LogP contribution in [-0.4, -0.2) is 37.9 Å². The van der Waals surface area contributed by atoms with Crippen molar-refractivity contribution >= 4 is 29.0 Å². The molecule has 0 aromatic heterocycles. The minimum absolute atomic E-state index is 0.00320. The van der Waals surface area contributed by atoms with Gasteiger partial charge in [0, 0.05) is 24.3 Å². The van der Waals surface area contributed by atoms with Crippen molar-refractivity contribution in [3.05, 3.63) is 70.9 Å². The Hall–Kier alpha value is -3.82. The van der Waals surface area contributed by atoms with Crippen molar-refractivity contribution in [3.8, 4) is 0 Å². The highest BCUT2D eigenvalue weighted by atomic mass is 19.4. The molecule has 1 aliphatic heterocycles. The van der Waals surface area contributed by atoms with Crippen molar-refractivity contribution in [2.45, 2.75) is 12.6 Å². The number of carbonyl (C=O) groups excluding carboxylic acids is 2. The van der Waals surface area contributed by atoms with Crippen LogP contribution in [0.5, 0.6) is 0 Å². The molecule has 0 fully saturated rings. The number of anilines is 1. The summed E-state index contributed by atoms with van der Waals surface area (Å²) in [4.78, 5) is 29.6. The van der Waals surface area contributed by atoms with Gasteiger partial charge in [-0.3, -0.25) is 9.79 Å². The molecule has 3 rings (SSSR count). The molecule has 2 aromatic rings. The number of alkyl halides is 3. The molecule has 7 nitrogen and oxygen atoms in total. The number of esters is 1. The smallest absolute Gasteiger partial charge is 0.416 e. The Morgan fingerprint density at radius 1 is 1.12 bits per heavy atom. The van der Waals surface area contributed by atoms with E-state index in [0.29, 0.717) is 30.7 Å². The predicted molar refractivity (Wildman–Crippen MR) is 114 cm³/mol. The van der Waals surface area contributed by atoms with Gasteiger partial charge < -0.3 is 21.1 Å². The lowest BCUT2D eigenvalue weighted by Crippen LogP contribution is -2.35. The van der Waals surface area contributed by atoms with Gasteiger partial charge in [0.25, 0.3) is 0 Å². The second-order valence-corrected chi connectivity index (χ2v) is 6.91. The number of ketones is 1. The normalized spacial score (nSPS) is 14.6. The Morgan fingerprint density at radius 3 is 2.44 bits per heavy atom. The Bertz CT molecular complexity index is 1080. The van der Waals surface area contributed by atoms with E-state index >= 15 is 0 Å². The van der Waals surface area contributed by atoms with Crippen LogP contribution in [0.15, 0.2) is 59.2 Å². The van der Waals surface area contributed by atoms with E-state index in [1.165, 1.54) is 6.07 Å². The van der Waals surface area contributed by atoms with Crippen molar-refractivity contribution in [1.29, 1.82) is 0 Å². The first-order chi connectivity index (χ1) is 15.2. The molecule has 0 spiro atoms. The summed E-state index contributed by atoms with van der Waals surface area (Å²) in [5.41, 5.74) is 4.15. The van der Waals surface area contributed by atoms with Crippen LogP contribution in [0.1, 0.15) is 27.9 Å². The van der Waals surface area contributed by atoms with Crippen molar-refractivity contribution in [2.75, 3.05) is 25.5 Å². The summed E-state index contributed by atoms with van der Waals surface area (Å²) in [6.07, 6.45) is -3.91. The number of Topliss-reactive ketones (excluding diaryl/α,β-unsaturated/α-hetero) is 1. The molecule has 168 valence electrons. The lowest BCUT2D eigenvalue weighted by atomic mass is 9.97. The van der Waals surface area contributed by atoms with E-state index in [1.54, 1.807) is 30.3 Å². The second kappa shape index (κ2) is 9.54. The van der Waals surface area contributed by atoms with Crippen LogP contribution in [-0.2, 0) is 15.7 Å². The maximum Gasteiger partial charge on any atom is 0.416 e. The van der Waals surface area contributed by atoms with E-state index in [2.05, 4.69) is 15.6 Å². The largest absolute Gasteiger partial charge is 0.465 e. The molecule has 0 bridgehead atoms. The van der Waals surface area contributed by atoms with Crippen molar-refractivity contribution < 1.29 is 27.5 Å². The van der Waals surface area contributed by atoms with Crippen LogP contribution < -0.4 is 16.4 Å². The van der Waals surface area contributed by atoms with Crippen LogP contribution in [0.3, 0.4) is 0 Å². The standard InChI is InChI=1S/C22H21F3N4O3/c1-32-20(31)17(13-6-3-2-4-7-13)18(26)19(30)14-10-15(22(23,24)25)12-16(11-14)29-21-27-8-5-9-28-21/h2-4,6-7,10-12H,5,8-9,26H2,1H3,(H2,27,28,29). The van der Waals surface area contributed by atoms with Crippen molar-refractivity contribution in [2.24, 2.45) is 10.7 Å². The van der Waals surface area contributed by atoms with Gasteiger partial charge in [0.05, 0.1) is 23.9 Å². The number of methoxy groups -OCH3 is 1. The summed E-state index contributed by atoms with van der Waals surface area (Å²) >= 11 is 0. The third-order valence-corrected chi connectivity index (χ3v) is 4.65. The Balaban J connectivity index is 2.08. The summed E-state index contributed by atoms with van der Waals surface area (Å²) in [6.45, 7) is 1.14. The van der Waals surface area contributed by atoms with E-state index in [1.807, 2.05) is 0 Å². The first-order valence-electron chi connectivity index (χ1n) is 9.66. The van der Waals surface area contributed by atoms with Crippen molar-refractivity contribution in [1.82, 2.24) is 5.32 Å². The zero-order valence-electron chi connectivity index (χ0n) is 17.1. The van der Waals surface area contributed by atoms with Gasteiger partial charge in [-0.1, -0.05) is 30.3 Å². The number of halogens is 3. The molecule has 0 aliphatic carbocycles. The number of hydrogen-bond donors (Lipinski definition) is 3. The molecule has 0 unspecified atom stereocenters. The summed E-state index contributed by atoms with van der Waals surface area (Å²) in [6, 6.07) is 10.8. The van der Waals surface area contributed by atoms with Crippen LogP contribution in [0.25, 0.3) is 5.57 Å². The summed E-state index contributed by atoms with van der Waals surface area (Å²) < 4.78 is 45.2. The van der Waals surface area contributed by atoms with Crippen LogP contribution in [0.4, 0.5) is 18.9 Å². The van der Waals surface area contributed by atoms with Gasteiger partial charge in [0.2, 0.25) is 5.78 Å². The van der Waals surface area contributed by atoms with Gasteiger partial charge in [-0.2, -0.15) is 13.2 Å². The topological polar surface area (TPSA) is 106 Å². The Kier molecular flexibility index (Phi) is 6.82. The first kappa shape index (κ1) is 22.9. The molecule has 1 aliphatic rings. The summed E-state index contributed by atoms with van der Waals surface area (Å²) in [7, 11) is 1.12. The van der Waals surface area contributed by atoms with Gasteiger partial charge in [-0.05, 0) is 30.2 Å². The lowest BCUT2D eigenvalue weighted by Gasteiger charge is -2.18. The molecule has 0 saturated carbocycles. The Morgan fingerprint density at radius 2 is 1.84 bits per heavy atom. The molecule has 0 amide bonds. The fraction of sp³-hybridized carbons (Fsp3) is 0.227. The zero-order chi connectivity index (χ0) is 23.3. The maximum absolute atomic E-state index is 13.5. The van der Waals surface area contributed by atoms with Crippen LogP contribution in [0, 0.1) is 0 Å². The third kappa shape index (κ3) is 5.26. The monoisotopic (exact) mass is 446 g/mol. The van der Waals surface area contributed by atoms with Gasteiger partial charge in [-0.15, -0.1) is 0 Å². The summed E-state index contributed by atoms with van der Waals surface area (Å²) in [5.74, 6) is -1.52. The number of carbonyl (C=O) groups is 2. The van der Waals surface area contributed by atoms with Gasteiger partial charge >= 0.3 is 12.1 Å². The first-order valence-corrected chi connectivity index (χ1v) is 9.66. The minimum Gasteiger partial charge on any atom is -0.465 e. The van der Waals surface area contributed by atoms with E-state index in [-0.39, 0.29) is 16.8 Å². The van der Waals surface area contributed by atoms with Gasteiger partial charge in [-0.25, -0.2) is 4.79 Å². The fourth-order valence-electron chi connectivity index (χ4n) is 3.11. The highest BCUT2D eigenvalue weighted by molar-refractivity contribution is 6.26. The van der Waals surface area contributed by atoms with E-state index in [4.69, 9.17) is 10.5 Å². The summed E-state index contributed by atoms with van der Waals surface area (Å²) in [5, 5.41) is 5.70. The number of nitrogens with zero attached hydrogens (tertiary/aromatic N) is 1. The molecule has 32 heavy (non-hydrogen) atoms. The highest BCUT2D eigenvalue weighted by Crippen LogP contribution is 2.33. The number of allylic oxidation sites excluding steroid dienone is 1. The highest BCUT2D eigenvalue weighted by Gasteiger charge is 2.33. The molecule has 2 aromatic carbocycles. The number of guanidine groups is 1. The zero-order valence-corrected chi connectivity index (χ0v) is 17.1. The van der Waals surface area contributed by atoms with Crippen LogP contribution in [0.2, 0.25) is 0 Å². The van der Waals surface area contributed by atoms with E-state index < -0.39 is 29.2 Å². The van der Waals surface area contributed by atoms with Crippen LogP contribution >= 0.6 is 0 Å². The lowest BCUT2D eigenvalue weighted by molar-refractivity contribution is -0.137. The molecule has 1 heterocycles. The SMILES string of the molecule is COC(=O)C(=C(N)C(=O)c1cc(NC2=NCCCN2)cc(C(F)(F)F)c1)c1ccccc1. The number of nitrogens with one attached hydrogen (secondary N) is 2. The molecule has 0 radical (unpaired) electrons. The van der Waals surface area contributed by atoms with E-state index in [0.717, 1.165) is 19.6 Å². The number of ether oxygens (including phenoxy) is 1. The molecule has 0 atom stereocenters. The van der Waals surface area contributed by atoms with E-state index in [9.17, 15) is 22.8 Å². The number of nitrogens with two attached hydrogens (primary N) is 1. The maximum atomic E-state index is 13.5. The fourth-order valence-corrected chi connectivity index (χ4v) is 3.11. The second-order valence-electron chi connectivity index (χ2n) is 6.91. The van der Waals surface area contributed by atoms with Gasteiger partial charge in [0.15, 0.2) is 5.96 Å². The van der Waals surface area contributed by atoms with Gasteiger partial charge in [0.1, 0.15) is 0 Å². The molecular formula is C22H21F3N4O3. The number of benzene rings is 2. The molecular weight excluding hydrogens is 425 g/mol. The number of aliphatic imine (C=N–C) groups is 1. The quantitative estimate of drug-likeness (QED) is 0.370. The average molecular weight is 446 g/mol. The van der Waals surface area contributed by atoms with Crippen molar-refractivity contribution in [3.63, 3.8) is 0 Å². The third-order valence-electron chi connectivity index (χ3n) is 4.65.